The fourth-order valence-corrected chi connectivity index (χ4v) is 1.85. The van der Waals surface area contributed by atoms with Gasteiger partial charge in [-0.3, -0.25) is 4.79 Å². The molecule has 0 fully saturated rings. The first-order valence-electron chi connectivity index (χ1n) is 3.95. The van der Waals surface area contributed by atoms with Crippen LogP contribution in [0.5, 0.6) is 0 Å². The van der Waals surface area contributed by atoms with Gasteiger partial charge in [-0.2, -0.15) is 0 Å². The third-order valence-electron chi connectivity index (χ3n) is 1.69. The topological polar surface area (TPSA) is 51.2 Å². The average molecular weight is 342 g/mol. The van der Waals surface area contributed by atoms with Crippen molar-refractivity contribution in [2.24, 2.45) is 0 Å². The van der Waals surface area contributed by atoms with Crippen LogP contribution in [0.2, 0.25) is 0 Å². The maximum Gasteiger partial charge on any atom is 0.190 e. The summed E-state index contributed by atoms with van der Waals surface area (Å²) in [4.78, 5) is 11.6. The predicted molar refractivity (Wildman–Crippen MR) is 63.4 cm³/mol. The average Bonchev–Trinajstić information content (AvgIpc) is 2.14. The minimum atomic E-state index is -3.45. The number of alkyl halides is 1. The minimum absolute atomic E-state index is 0.0693. The monoisotopic (exact) mass is 342 g/mol. The van der Waals surface area contributed by atoms with E-state index >= 15 is 0 Å². The van der Waals surface area contributed by atoms with Crippen LogP contribution in [0.1, 0.15) is 10.4 Å². The van der Waals surface area contributed by atoms with Crippen molar-refractivity contribution >= 4 is 38.2 Å². The molecule has 0 bridgehead atoms. The van der Waals surface area contributed by atoms with Gasteiger partial charge in [0.25, 0.3) is 0 Å². The molecule has 1 atom stereocenters. The fourth-order valence-electron chi connectivity index (χ4n) is 0.967. The lowest BCUT2D eigenvalue weighted by molar-refractivity contribution is 0.101. The van der Waals surface area contributed by atoms with Gasteiger partial charge in [0.05, 0.1) is 0 Å². The van der Waals surface area contributed by atoms with Crippen LogP contribution in [-0.4, -0.2) is 23.7 Å². The Morgan fingerprint density at radius 2 is 2.07 bits per heavy atom. The van der Waals surface area contributed by atoms with E-state index in [9.17, 15) is 17.6 Å². The van der Waals surface area contributed by atoms with Gasteiger partial charge in [0.15, 0.2) is 18.9 Å². The Morgan fingerprint density at radius 1 is 1.47 bits per heavy atom. The van der Waals surface area contributed by atoms with Crippen LogP contribution >= 0.6 is 22.6 Å². The van der Waals surface area contributed by atoms with E-state index in [4.69, 9.17) is 0 Å². The van der Waals surface area contributed by atoms with E-state index in [2.05, 4.69) is 0 Å². The third-order valence-corrected chi connectivity index (χ3v) is 5.99. The molecule has 3 nitrogen and oxygen atoms in total. The molecule has 82 valence electrons. The molecular formula is C9H8FIO3S. The Morgan fingerprint density at radius 3 is 2.53 bits per heavy atom. The maximum atomic E-state index is 12.8. The van der Waals surface area contributed by atoms with E-state index in [1.165, 1.54) is 40.8 Å². The highest BCUT2D eigenvalue weighted by Gasteiger charge is 2.26. The Balaban J connectivity index is 3.06. The Labute approximate surface area is 101 Å². The summed E-state index contributed by atoms with van der Waals surface area (Å²) >= 11 is 1.53. The Kier molecular flexibility index (Phi) is 3.82. The standard InChI is InChI=1S/C9H8FIO3S/c1-15(13,14)9(11)8(12)6-3-2-4-7(10)5-6/h2-5,9H,1H3/t9-/m0/s1. The molecule has 1 rings (SSSR count). The SMILES string of the molecule is CS(=O)(=O)[C@H](I)C(=O)c1cccc(F)c1. The largest absolute Gasteiger partial charge is 0.292 e. The van der Waals surface area contributed by atoms with Crippen molar-refractivity contribution in [2.45, 2.75) is 3.26 Å². The van der Waals surface area contributed by atoms with Crippen molar-refractivity contribution in [1.82, 2.24) is 0 Å². The molecule has 0 heterocycles. The molecule has 15 heavy (non-hydrogen) atoms. The summed E-state index contributed by atoms with van der Waals surface area (Å²) in [5.41, 5.74) is 0.0693. The van der Waals surface area contributed by atoms with Crippen LogP contribution in [-0.2, 0) is 9.84 Å². The molecule has 0 radical (unpaired) electrons. The number of carbonyl (C=O) groups is 1. The van der Waals surface area contributed by atoms with Gasteiger partial charge in [0.2, 0.25) is 0 Å². The summed E-state index contributed by atoms with van der Waals surface area (Å²) in [5, 5.41) is 0. The van der Waals surface area contributed by atoms with Gasteiger partial charge in [-0.1, -0.05) is 34.7 Å². The molecule has 0 N–H and O–H groups in total. The molecule has 0 aliphatic heterocycles. The molecule has 0 aromatic heterocycles. The molecule has 6 heteroatoms. The van der Waals surface area contributed by atoms with Gasteiger partial charge < -0.3 is 0 Å². The summed E-state index contributed by atoms with van der Waals surface area (Å²) in [6.07, 6.45) is 0.974. The van der Waals surface area contributed by atoms with E-state index in [-0.39, 0.29) is 5.56 Å². The number of Topliss-reactive ketones (excluding diaryl/α,β-unsaturated/α-hetero) is 1. The van der Waals surface area contributed by atoms with Crippen LogP contribution in [0.25, 0.3) is 0 Å². The molecule has 0 saturated heterocycles. The first-order chi connectivity index (χ1) is 6.82. The molecule has 0 amide bonds. The van der Waals surface area contributed by atoms with E-state index in [0.29, 0.717) is 0 Å². The van der Waals surface area contributed by atoms with Crippen molar-refractivity contribution in [3.63, 3.8) is 0 Å². The zero-order chi connectivity index (χ0) is 11.6. The lowest BCUT2D eigenvalue weighted by Gasteiger charge is -2.06. The summed E-state index contributed by atoms with van der Waals surface area (Å²) in [6, 6.07) is 4.98. The lowest BCUT2D eigenvalue weighted by atomic mass is 10.1. The Bertz CT molecular complexity index is 484. The molecule has 0 aliphatic rings. The minimum Gasteiger partial charge on any atom is -0.292 e. The first-order valence-corrected chi connectivity index (χ1v) is 7.15. The van der Waals surface area contributed by atoms with Crippen LogP contribution < -0.4 is 0 Å². The summed E-state index contributed by atoms with van der Waals surface area (Å²) in [5.74, 6) is -1.16. The highest BCUT2D eigenvalue weighted by molar-refractivity contribution is 14.1. The van der Waals surface area contributed by atoms with Crippen LogP contribution in [0.4, 0.5) is 4.39 Å². The van der Waals surface area contributed by atoms with E-state index < -0.39 is 24.7 Å². The number of rotatable bonds is 3. The van der Waals surface area contributed by atoms with Gasteiger partial charge in [-0.25, -0.2) is 12.8 Å². The van der Waals surface area contributed by atoms with Crippen molar-refractivity contribution in [1.29, 1.82) is 0 Å². The first kappa shape index (κ1) is 12.6. The van der Waals surface area contributed by atoms with Crippen molar-refractivity contribution in [3.8, 4) is 0 Å². The Hall–Kier alpha value is -0.500. The third kappa shape index (κ3) is 3.23. The summed E-state index contributed by atoms with van der Waals surface area (Å²) in [6.45, 7) is 0. The lowest BCUT2D eigenvalue weighted by Crippen LogP contribution is -2.23. The van der Waals surface area contributed by atoms with Gasteiger partial charge >= 0.3 is 0 Å². The number of hydrogen-bond acceptors (Lipinski definition) is 3. The molecule has 1 aromatic rings. The normalized spacial score (nSPS) is 13.5. The molecule has 0 aliphatic carbocycles. The highest BCUT2D eigenvalue weighted by atomic mass is 127. The molecule has 1 aromatic carbocycles. The maximum absolute atomic E-state index is 12.8. The predicted octanol–water partition coefficient (Wildman–Crippen LogP) is 1.81. The number of benzene rings is 1. The second-order valence-electron chi connectivity index (χ2n) is 3.02. The van der Waals surface area contributed by atoms with Gasteiger partial charge in [0, 0.05) is 11.8 Å². The second-order valence-corrected chi connectivity index (χ2v) is 7.24. The second kappa shape index (κ2) is 4.56. The van der Waals surface area contributed by atoms with E-state index in [1.807, 2.05) is 0 Å². The summed E-state index contributed by atoms with van der Waals surface area (Å²) in [7, 11) is -3.45. The van der Waals surface area contributed by atoms with Crippen LogP contribution in [0, 0.1) is 5.82 Å². The van der Waals surface area contributed by atoms with Crippen LogP contribution in [0.3, 0.4) is 0 Å². The number of ketones is 1. The fraction of sp³-hybridized carbons (Fsp3) is 0.222. The molecular weight excluding hydrogens is 334 g/mol. The number of sulfone groups is 1. The van der Waals surface area contributed by atoms with Gasteiger partial charge in [0.1, 0.15) is 5.82 Å². The zero-order valence-corrected chi connectivity index (χ0v) is 10.7. The van der Waals surface area contributed by atoms with Crippen molar-refractivity contribution in [3.05, 3.63) is 35.6 Å². The highest BCUT2D eigenvalue weighted by Crippen LogP contribution is 2.16. The van der Waals surface area contributed by atoms with Crippen molar-refractivity contribution < 1.29 is 17.6 Å². The van der Waals surface area contributed by atoms with Gasteiger partial charge in [-0.15, -0.1) is 0 Å². The zero-order valence-electron chi connectivity index (χ0n) is 7.78. The number of halogens is 2. The van der Waals surface area contributed by atoms with Gasteiger partial charge in [-0.05, 0) is 12.1 Å². The van der Waals surface area contributed by atoms with Crippen molar-refractivity contribution in [2.75, 3.05) is 6.26 Å². The number of hydrogen-bond donors (Lipinski definition) is 0. The number of carbonyl (C=O) groups excluding carboxylic acids is 1. The molecule has 0 unspecified atom stereocenters. The van der Waals surface area contributed by atoms with E-state index in [1.54, 1.807) is 0 Å². The molecule has 0 saturated carbocycles. The quantitative estimate of drug-likeness (QED) is 0.478. The summed E-state index contributed by atoms with van der Waals surface area (Å²) < 4.78 is 33.8. The van der Waals surface area contributed by atoms with E-state index in [0.717, 1.165) is 12.3 Å². The smallest absolute Gasteiger partial charge is 0.190 e. The molecule has 0 spiro atoms. The van der Waals surface area contributed by atoms with Crippen LogP contribution in [0.15, 0.2) is 24.3 Å².